The fourth-order valence-electron chi connectivity index (χ4n) is 2.34. The highest BCUT2D eigenvalue weighted by Crippen LogP contribution is 2.18. The summed E-state index contributed by atoms with van der Waals surface area (Å²) in [4.78, 5) is 7.87. The van der Waals surface area contributed by atoms with Gasteiger partial charge in [0.15, 0.2) is 12.6 Å². The van der Waals surface area contributed by atoms with Crippen LogP contribution in [0.25, 0.3) is 0 Å². The molecule has 0 fully saturated rings. The van der Waals surface area contributed by atoms with Crippen LogP contribution in [0.5, 0.6) is 5.88 Å². The van der Waals surface area contributed by atoms with Crippen LogP contribution in [-0.2, 0) is 6.54 Å². The lowest BCUT2D eigenvalue weighted by Gasteiger charge is -2.19. The van der Waals surface area contributed by atoms with Gasteiger partial charge in [0.25, 0.3) is 0 Å². The topological polar surface area (TPSA) is 58.5 Å². The van der Waals surface area contributed by atoms with Crippen molar-refractivity contribution in [3.05, 3.63) is 59.0 Å². The Balaban J connectivity index is 1.94. The molecule has 1 aromatic heterocycles. The van der Waals surface area contributed by atoms with E-state index in [1.54, 1.807) is 26.1 Å². The van der Waals surface area contributed by atoms with Crippen molar-refractivity contribution in [2.24, 2.45) is 4.99 Å². The van der Waals surface area contributed by atoms with Gasteiger partial charge in [-0.15, -0.1) is 0 Å². The summed E-state index contributed by atoms with van der Waals surface area (Å²) in [5.74, 6) is 0.0726. The van der Waals surface area contributed by atoms with E-state index in [0.29, 0.717) is 23.6 Å². The van der Waals surface area contributed by atoms with Crippen molar-refractivity contribution in [3.8, 4) is 5.88 Å². The van der Waals surface area contributed by atoms with E-state index in [9.17, 15) is 17.6 Å². The molecular weight excluding hydrogens is 376 g/mol. The fraction of sp³-hybridized carbons (Fsp3) is 0.368. The van der Waals surface area contributed by atoms with Gasteiger partial charge < -0.3 is 15.4 Å². The van der Waals surface area contributed by atoms with Gasteiger partial charge >= 0.3 is 6.18 Å². The van der Waals surface area contributed by atoms with Gasteiger partial charge in [-0.2, -0.15) is 13.2 Å². The molecule has 2 N–H and O–H groups in total. The van der Waals surface area contributed by atoms with Gasteiger partial charge in [0.05, 0.1) is 6.04 Å². The number of nitrogens with one attached hydrogen (secondary N) is 2. The lowest BCUT2D eigenvalue weighted by Crippen LogP contribution is -2.38. The summed E-state index contributed by atoms with van der Waals surface area (Å²) in [5, 5.41) is 6.19. The second-order valence-electron chi connectivity index (χ2n) is 6.21. The Bertz CT molecular complexity index is 824. The summed E-state index contributed by atoms with van der Waals surface area (Å²) >= 11 is 0. The highest BCUT2D eigenvalue weighted by Gasteiger charge is 2.28. The molecule has 0 aliphatic carbocycles. The van der Waals surface area contributed by atoms with Crippen molar-refractivity contribution < 1.29 is 22.3 Å². The number of hydrogen-bond donors (Lipinski definition) is 2. The number of rotatable bonds is 6. The van der Waals surface area contributed by atoms with Crippen LogP contribution < -0.4 is 15.4 Å². The third kappa shape index (κ3) is 6.71. The van der Waals surface area contributed by atoms with E-state index >= 15 is 0 Å². The average molecular weight is 398 g/mol. The van der Waals surface area contributed by atoms with Crippen molar-refractivity contribution in [2.75, 3.05) is 13.7 Å². The molecule has 0 aliphatic heterocycles. The molecule has 1 atom stereocenters. The number of aromatic nitrogens is 1. The maximum atomic E-state index is 13.7. The Morgan fingerprint density at radius 2 is 2.00 bits per heavy atom. The quantitative estimate of drug-likeness (QED) is 0.440. The average Bonchev–Trinajstić information content (AvgIpc) is 2.65. The monoisotopic (exact) mass is 398 g/mol. The number of benzene rings is 1. The van der Waals surface area contributed by atoms with Crippen molar-refractivity contribution in [2.45, 2.75) is 32.6 Å². The normalized spacial score (nSPS) is 13.2. The maximum Gasteiger partial charge on any atom is 0.422 e. The van der Waals surface area contributed by atoms with Gasteiger partial charge in [0.2, 0.25) is 5.88 Å². The van der Waals surface area contributed by atoms with Crippen LogP contribution >= 0.6 is 0 Å². The predicted octanol–water partition coefficient (Wildman–Crippen LogP) is 3.90. The molecule has 28 heavy (non-hydrogen) atoms. The number of pyridine rings is 1. The van der Waals surface area contributed by atoms with E-state index in [4.69, 9.17) is 0 Å². The minimum atomic E-state index is -4.42. The Kier molecular flexibility index (Phi) is 7.19. The van der Waals surface area contributed by atoms with E-state index in [2.05, 4.69) is 25.3 Å². The summed E-state index contributed by atoms with van der Waals surface area (Å²) < 4.78 is 55.1. The Hall–Kier alpha value is -2.84. The molecule has 2 aromatic rings. The summed E-state index contributed by atoms with van der Waals surface area (Å²) in [6, 6.07) is 7.87. The molecule has 9 heteroatoms. The van der Waals surface area contributed by atoms with Crippen molar-refractivity contribution >= 4 is 5.96 Å². The van der Waals surface area contributed by atoms with Crippen LogP contribution in [0.1, 0.15) is 29.7 Å². The van der Waals surface area contributed by atoms with Crippen LogP contribution in [0.4, 0.5) is 17.6 Å². The number of guanidine groups is 1. The first-order chi connectivity index (χ1) is 13.2. The molecule has 0 spiro atoms. The van der Waals surface area contributed by atoms with Gasteiger partial charge in [-0.3, -0.25) is 4.99 Å². The smallest absolute Gasteiger partial charge is 0.422 e. The van der Waals surface area contributed by atoms with E-state index in [1.807, 2.05) is 13.0 Å². The van der Waals surface area contributed by atoms with Crippen molar-refractivity contribution in [3.63, 3.8) is 0 Å². The number of alkyl halides is 3. The second-order valence-corrected chi connectivity index (χ2v) is 6.21. The van der Waals surface area contributed by atoms with E-state index in [0.717, 1.165) is 5.56 Å². The first-order valence-electron chi connectivity index (χ1n) is 8.55. The molecule has 2 rings (SSSR count). The van der Waals surface area contributed by atoms with Crippen molar-refractivity contribution in [1.82, 2.24) is 15.6 Å². The molecule has 1 unspecified atom stereocenters. The molecular formula is C19H22F4N4O. The molecule has 0 saturated heterocycles. The van der Waals surface area contributed by atoms with Gasteiger partial charge in [0.1, 0.15) is 5.82 Å². The van der Waals surface area contributed by atoms with Gasteiger partial charge in [-0.1, -0.05) is 12.1 Å². The van der Waals surface area contributed by atoms with Crippen LogP contribution in [0.3, 0.4) is 0 Å². The highest BCUT2D eigenvalue weighted by molar-refractivity contribution is 5.80. The zero-order valence-electron chi connectivity index (χ0n) is 15.8. The minimum Gasteiger partial charge on any atom is -0.468 e. The van der Waals surface area contributed by atoms with E-state index in [-0.39, 0.29) is 17.7 Å². The largest absolute Gasteiger partial charge is 0.468 e. The van der Waals surface area contributed by atoms with Crippen LogP contribution in [0.15, 0.2) is 41.5 Å². The van der Waals surface area contributed by atoms with E-state index < -0.39 is 12.8 Å². The third-order valence-electron chi connectivity index (χ3n) is 3.92. The molecule has 0 amide bonds. The minimum absolute atomic E-state index is 0.108. The second kappa shape index (κ2) is 9.38. The molecule has 0 saturated carbocycles. The maximum absolute atomic E-state index is 13.7. The predicted molar refractivity (Wildman–Crippen MR) is 98.7 cm³/mol. The molecule has 0 bridgehead atoms. The van der Waals surface area contributed by atoms with Crippen LogP contribution in [-0.4, -0.2) is 30.8 Å². The summed E-state index contributed by atoms with van der Waals surface area (Å²) in [7, 11) is 1.59. The Labute approximate surface area is 160 Å². The number of aryl methyl sites for hydroxylation is 1. The molecule has 1 aromatic carbocycles. The molecule has 1 heterocycles. The lowest BCUT2D eigenvalue weighted by atomic mass is 10.1. The molecule has 152 valence electrons. The van der Waals surface area contributed by atoms with Crippen LogP contribution in [0, 0.1) is 12.7 Å². The summed E-state index contributed by atoms with van der Waals surface area (Å²) in [5.41, 5.74) is 2.00. The van der Waals surface area contributed by atoms with Gasteiger partial charge in [-0.25, -0.2) is 9.37 Å². The first kappa shape index (κ1) is 21.5. The number of halogens is 4. The Morgan fingerprint density at radius 1 is 1.25 bits per heavy atom. The zero-order valence-corrected chi connectivity index (χ0v) is 15.8. The standard InChI is InChI=1S/C19H22F4N4O/c1-12-4-5-15(9-16(12)20)13(2)27-18(24-3)26-10-14-6-7-25-17(8-14)28-11-19(21,22)23/h4-9,13H,10-11H2,1-3H3,(H2,24,26,27). The van der Waals surface area contributed by atoms with Gasteiger partial charge in [0, 0.05) is 25.9 Å². The number of nitrogens with zero attached hydrogens (tertiary/aromatic N) is 2. The molecule has 5 nitrogen and oxygen atoms in total. The number of ether oxygens (including phenoxy) is 1. The fourth-order valence-corrected chi connectivity index (χ4v) is 2.34. The lowest BCUT2D eigenvalue weighted by molar-refractivity contribution is -0.154. The zero-order chi connectivity index (χ0) is 20.7. The Morgan fingerprint density at radius 3 is 2.64 bits per heavy atom. The van der Waals surface area contributed by atoms with Crippen molar-refractivity contribution in [1.29, 1.82) is 0 Å². The van der Waals surface area contributed by atoms with E-state index in [1.165, 1.54) is 18.3 Å². The third-order valence-corrected chi connectivity index (χ3v) is 3.92. The highest BCUT2D eigenvalue weighted by atomic mass is 19.4. The SMILES string of the molecule is CN=C(NCc1ccnc(OCC(F)(F)F)c1)NC(C)c1ccc(C)c(F)c1. The first-order valence-corrected chi connectivity index (χ1v) is 8.55. The number of aliphatic imine (C=N–C) groups is 1. The number of hydrogen-bond acceptors (Lipinski definition) is 3. The molecule has 0 radical (unpaired) electrons. The molecule has 0 aliphatic rings. The van der Waals surface area contributed by atoms with Crippen LogP contribution in [0.2, 0.25) is 0 Å². The van der Waals surface area contributed by atoms with Gasteiger partial charge in [-0.05, 0) is 42.7 Å². The summed E-state index contributed by atoms with van der Waals surface area (Å²) in [6.07, 6.45) is -3.05. The summed E-state index contributed by atoms with van der Waals surface area (Å²) in [6.45, 7) is 2.45.